The number of hydrogen-bond donors (Lipinski definition) is 3. The fourth-order valence-electron chi connectivity index (χ4n) is 3.10. The number of hydrogen-bond acceptors (Lipinski definition) is 3. The number of fused-ring (bicyclic) bond motifs is 1. The second-order valence-electron chi connectivity index (χ2n) is 5.55. The van der Waals surface area contributed by atoms with Crippen molar-refractivity contribution < 1.29 is 9.53 Å². The minimum Gasteiger partial charge on any atom is -0.496 e. The van der Waals surface area contributed by atoms with Crippen LogP contribution in [0.1, 0.15) is 18.5 Å². The molecular formula is C18H19N3O2S. The molecule has 0 fully saturated rings. The fourth-order valence-corrected chi connectivity index (χ4v) is 3.37. The number of amides is 1. The third-order valence-electron chi connectivity index (χ3n) is 4.18. The maximum absolute atomic E-state index is 12.5. The first-order valence-electron chi connectivity index (χ1n) is 7.62. The van der Waals surface area contributed by atoms with Crippen molar-refractivity contribution in [2.24, 2.45) is 0 Å². The van der Waals surface area contributed by atoms with Gasteiger partial charge in [0.15, 0.2) is 5.11 Å². The molecule has 1 heterocycles. The summed E-state index contributed by atoms with van der Waals surface area (Å²) in [6.07, 6.45) is 0. The lowest BCUT2D eigenvalue weighted by molar-refractivity contribution is -0.117. The zero-order valence-electron chi connectivity index (χ0n) is 13.8. The highest BCUT2D eigenvalue weighted by molar-refractivity contribution is 7.80. The summed E-state index contributed by atoms with van der Waals surface area (Å²) in [7, 11) is 3.25. The Kier molecular flexibility index (Phi) is 4.40. The Morgan fingerprint density at radius 1 is 1.25 bits per heavy atom. The SMILES string of the molecule is CNC(=O)C1=C(C)NC(=S)NC1c1c(OC)ccc2ccccc12. The molecule has 124 valence electrons. The Morgan fingerprint density at radius 3 is 2.71 bits per heavy atom. The number of allylic oxidation sites excluding steroid dienone is 1. The molecule has 3 N–H and O–H groups in total. The van der Waals surface area contributed by atoms with Gasteiger partial charge in [-0.05, 0) is 36.0 Å². The van der Waals surface area contributed by atoms with E-state index in [0.717, 1.165) is 22.0 Å². The molecule has 0 saturated heterocycles. The van der Waals surface area contributed by atoms with Crippen molar-refractivity contribution >= 4 is 34.0 Å². The predicted molar refractivity (Wildman–Crippen MR) is 98.9 cm³/mol. The van der Waals surface area contributed by atoms with Gasteiger partial charge in [-0.15, -0.1) is 0 Å². The Morgan fingerprint density at radius 2 is 2.00 bits per heavy atom. The molecule has 3 rings (SSSR count). The first-order chi connectivity index (χ1) is 11.6. The zero-order chi connectivity index (χ0) is 17.3. The summed E-state index contributed by atoms with van der Waals surface area (Å²) in [5.41, 5.74) is 2.23. The van der Waals surface area contributed by atoms with Crippen LogP contribution in [0.25, 0.3) is 10.8 Å². The third kappa shape index (κ3) is 2.69. The van der Waals surface area contributed by atoms with Crippen LogP contribution in [-0.4, -0.2) is 25.2 Å². The highest BCUT2D eigenvalue weighted by Gasteiger charge is 2.32. The molecule has 0 aliphatic carbocycles. The first-order valence-corrected chi connectivity index (χ1v) is 8.03. The van der Waals surface area contributed by atoms with Crippen LogP contribution in [0.4, 0.5) is 0 Å². The van der Waals surface area contributed by atoms with Crippen LogP contribution in [0.15, 0.2) is 47.7 Å². The van der Waals surface area contributed by atoms with Crippen molar-refractivity contribution in [3.8, 4) is 5.75 Å². The minimum absolute atomic E-state index is 0.157. The van der Waals surface area contributed by atoms with E-state index in [1.807, 2.05) is 43.3 Å². The van der Waals surface area contributed by atoms with Gasteiger partial charge in [-0.2, -0.15) is 0 Å². The molecule has 0 bridgehead atoms. The maximum Gasteiger partial charge on any atom is 0.251 e. The van der Waals surface area contributed by atoms with Gasteiger partial charge in [0.05, 0.1) is 18.7 Å². The van der Waals surface area contributed by atoms with Gasteiger partial charge in [-0.3, -0.25) is 4.79 Å². The lowest BCUT2D eigenvalue weighted by Gasteiger charge is -2.31. The summed E-state index contributed by atoms with van der Waals surface area (Å²) in [6.45, 7) is 1.85. The zero-order valence-corrected chi connectivity index (χ0v) is 14.6. The third-order valence-corrected chi connectivity index (χ3v) is 4.40. The van der Waals surface area contributed by atoms with Crippen molar-refractivity contribution in [1.29, 1.82) is 0 Å². The van der Waals surface area contributed by atoms with E-state index in [0.29, 0.717) is 16.4 Å². The van der Waals surface area contributed by atoms with Crippen LogP contribution in [0.5, 0.6) is 5.75 Å². The van der Waals surface area contributed by atoms with E-state index in [1.165, 1.54) is 0 Å². The molecule has 1 aliphatic rings. The van der Waals surface area contributed by atoms with E-state index in [-0.39, 0.29) is 11.9 Å². The minimum atomic E-state index is -0.389. The van der Waals surface area contributed by atoms with Crippen molar-refractivity contribution in [2.75, 3.05) is 14.2 Å². The molecule has 1 atom stereocenters. The Labute approximate surface area is 146 Å². The van der Waals surface area contributed by atoms with Crippen LogP contribution in [0.2, 0.25) is 0 Å². The number of nitrogens with one attached hydrogen (secondary N) is 3. The topological polar surface area (TPSA) is 62.4 Å². The molecule has 1 aliphatic heterocycles. The lowest BCUT2D eigenvalue weighted by atomic mass is 9.90. The summed E-state index contributed by atoms with van der Waals surface area (Å²) < 4.78 is 5.58. The molecule has 1 amide bonds. The number of ether oxygens (including phenoxy) is 1. The number of likely N-dealkylation sites (N-methyl/N-ethyl adjacent to an activating group) is 1. The van der Waals surface area contributed by atoms with E-state index in [9.17, 15) is 4.79 Å². The standard InChI is InChI=1S/C18H19N3O2S/c1-10-14(17(22)19-2)16(21-18(24)20-10)15-12-7-5-4-6-11(12)8-9-13(15)23-3/h4-9,16H,1-3H3,(H,19,22)(H2,20,21,24). The summed E-state index contributed by atoms with van der Waals surface area (Å²) >= 11 is 5.31. The van der Waals surface area contributed by atoms with Crippen LogP contribution in [0, 0.1) is 0 Å². The molecule has 0 saturated carbocycles. The number of carbonyl (C=O) groups excluding carboxylic acids is 1. The van der Waals surface area contributed by atoms with Gasteiger partial charge in [-0.1, -0.05) is 30.3 Å². The van der Waals surface area contributed by atoms with Gasteiger partial charge in [0.2, 0.25) is 0 Å². The van der Waals surface area contributed by atoms with Gasteiger partial charge in [0.1, 0.15) is 5.75 Å². The molecule has 0 radical (unpaired) electrons. The molecule has 5 nitrogen and oxygen atoms in total. The molecule has 6 heteroatoms. The number of rotatable bonds is 3. The van der Waals surface area contributed by atoms with Crippen LogP contribution in [0.3, 0.4) is 0 Å². The highest BCUT2D eigenvalue weighted by atomic mass is 32.1. The van der Waals surface area contributed by atoms with E-state index in [2.05, 4.69) is 16.0 Å². The number of methoxy groups -OCH3 is 1. The summed E-state index contributed by atoms with van der Waals surface area (Å²) in [4.78, 5) is 12.5. The van der Waals surface area contributed by atoms with Crippen LogP contribution in [-0.2, 0) is 4.79 Å². The number of carbonyl (C=O) groups is 1. The van der Waals surface area contributed by atoms with Gasteiger partial charge < -0.3 is 20.7 Å². The number of thiocarbonyl (C=S) groups is 1. The molecular weight excluding hydrogens is 322 g/mol. The molecule has 0 aromatic heterocycles. The van der Waals surface area contributed by atoms with Crippen molar-refractivity contribution in [3.05, 3.63) is 53.2 Å². The van der Waals surface area contributed by atoms with E-state index < -0.39 is 0 Å². The highest BCUT2D eigenvalue weighted by Crippen LogP contribution is 2.38. The first kappa shape index (κ1) is 16.3. The average molecular weight is 341 g/mol. The van der Waals surface area contributed by atoms with Crippen molar-refractivity contribution in [1.82, 2.24) is 16.0 Å². The molecule has 1 unspecified atom stereocenters. The molecule has 24 heavy (non-hydrogen) atoms. The monoisotopic (exact) mass is 341 g/mol. The average Bonchev–Trinajstić information content (AvgIpc) is 2.59. The molecule has 2 aromatic rings. The van der Waals surface area contributed by atoms with Crippen LogP contribution >= 0.6 is 12.2 Å². The lowest BCUT2D eigenvalue weighted by Crippen LogP contribution is -2.46. The molecule has 2 aromatic carbocycles. The van der Waals surface area contributed by atoms with E-state index >= 15 is 0 Å². The van der Waals surface area contributed by atoms with E-state index in [1.54, 1.807) is 14.2 Å². The summed E-state index contributed by atoms with van der Waals surface area (Å²) in [5, 5.41) is 11.5. The van der Waals surface area contributed by atoms with Gasteiger partial charge in [-0.25, -0.2) is 0 Å². The van der Waals surface area contributed by atoms with Crippen molar-refractivity contribution in [2.45, 2.75) is 13.0 Å². The second-order valence-corrected chi connectivity index (χ2v) is 5.96. The second kappa shape index (κ2) is 6.49. The number of benzene rings is 2. The maximum atomic E-state index is 12.5. The Bertz CT molecular complexity index is 860. The van der Waals surface area contributed by atoms with Gasteiger partial charge in [0.25, 0.3) is 5.91 Å². The fraction of sp³-hybridized carbons (Fsp3) is 0.222. The Balaban J connectivity index is 2.29. The molecule has 0 spiro atoms. The summed E-state index contributed by atoms with van der Waals surface area (Å²) in [6, 6.07) is 11.6. The predicted octanol–water partition coefficient (Wildman–Crippen LogP) is 2.39. The van der Waals surface area contributed by atoms with E-state index in [4.69, 9.17) is 17.0 Å². The normalized spacial score (nSPS) is 17.3. The van der Waals surface area contributed by atoms with Crippen LogP contribution < -0.4 is 20.7 Å². The largest absolute Gasteiger partial charge is 0.496 e. The smallest absolute Gasteiger partial charge is 0.251 e. The summed E-state index contributed by atoms with van der Waals surface area (Å²) in [5.74, 6) is 0.556. The quantitative estimate of drug-likeness (QED) is 0.748. The Hall–Kier alpha value is -2.60. The van der Waals surface area contributed by atoms with Gasteiger partial charge >= 0.3 is 0 Å². The van der Waals surface area contributed by atoms with Crippen molar-refractivity contribution in [3.63, 3.8) is 0 Å². The van der Waals surface area contributed by atoms with Gasteiger partial charge in [0, 0.05) is 18.3 Å².